The summed E-state index contributed by atoms with van der Waals surface area (Å²) in [5.74, 6) is 0. The van der Waals surface area contributed by atoms with Crippen LogP contribution in [0.3, 0.4) is 0 Å². The van der Waals surface area contributed by atoms with Crippen molar-refractivity contribution in [2.24, 2.45) is 5.10 Å². The fourth-order valence-electron chi connectivity index (χ4n) is 0.980. The molecule has 0 radical (unpaired) electrons. The fraction of sp³-hybridized carbons (Fsp3) is 0.833. The molecule has 3 nitrogen and oxygen atoms in total. The van der Waals surface area contributed by atoms with Gasteiger partial charge in [0.1, 0.15) is 12.5 Å². The highest BCUT2D eigenvalue weighted by Crippen LogP contribution is 2.16. The average molecular weight is 162 g/mol. The second-order valence-corrected chi connectivity index (χ2v) is 3.07. The van der Waals surface area contributed by atoms with Crippen LogP contribution in [0.2, 0.25) is 0 Å². The minimum atomic E-state index is 0.182. The number of rotatable bonds is 1. The summed E-state index contributed by atoms with van der Waals surface area (Å²) in [6, 6.07) is 0.412. The van der Waals surface area contributed by atoms with Crippen molar-refractivity contribution in [2.45, 2.75) is 33.0 Å². The van der Waals surface area contributed by atoms with Crippen LogP contribution in [0.1, 0.15) is 20.8 Å². The van der Waals surface area contributed by atoms with Crippen LogP contribution in [0.15, 0.2) is 5.10 Å². The van der Waals surface area contributed by atoms with Gasteiger partial charge in [0.25, 0.3) is 0 Å². The Kier molecular flexibility index (Phi) is 2.04. The smallest absolute Gasteiger partial charge is 0.132 e. The van der Waals surface area contributed by atoms with Crippen molar-refractivity contribution in [3.8, 4) is 0 Å². The molecule has 1 atom stereocenters. The van der Waals surface area contributed by atoms with Crippen LogP contribution in [-0.2, 0) is 0 Å². The van der Waals surface area contributed by atoms with Gasteiger partial charge in [-0.05, 0) is 20.8 Å². The Morgan fingerprint density at radius 1 is 1.60 bits per heavy atom. The second kappa shape index (κ2) is 2.66. The number of hydrogen-bond donors (Lipinski definition) is 0. The van der Waals surface area contributed by atoms with Crippen molar-refractivity contribution in [3.05, 3.63) is 0 Å². The molecular weight excluding hydrogens is 150 g/mol. The summed E-state index contributed by atoms with van der Waals surface area (Å²) < 4.78 is 1.57. The minimum Gasteiger partial charge on any atom is -0.270 e. The van der Waals surface area contributed by atoms with Crippen molar-refractivity contribution >= 4 is 18.1 Å². The monoisotopic (exact) mass is 161 g/mol. The maximum atomic E-state index is 5.74. The number of halogens is 1. The van der Waals surface area contributed by atoms with Crippen LogP contribution < -0.4 is 0 Å². The van der Waals surface area contributed by atoms with E-state index in [4.69, 9.17) is 11.8 Å². The summed E-state index contributed by atoms with van der Waals surface area (Å²) >= 11 is 5.74. The fourth-order valence-corrected chi connectivity index (χ4v) is 1.11. The molecule has 0 aromatic heterocycles. The Balaban J connectivity index is 2.58. The zero-order chi connectivity index (χ0) is 7.72. The van der Waals surface area contributed by atoms with Crippen molar-refractivity contribution in [3.63, 3.8) is 0 Å². The van der Waals surface area contributed by atoms with Crippen LogP contribution in [0.4, 0.5) is 0 Å². The van der Waals surface area contributed by atoms with Gasteiger partial charge < -0.3 is 0 Å². The Morgan fingerprint density at radius 2 is 2.20 bits per heavy atom. The molecular formula is C6H12ClN3. The predicted molar refractivity (Wildman–Crippen MR) is 42.6 cm³/mol. The molecule has 4 heteroatoms. The van der Waals surface area contributed by atoms with E-state index < -0.39 is 0 Å². The molecule has 1 heterocycles. The predicted octanol–water partition coefficient (Wildman–Crippen LogP) is 1.46. The van der Waals surface area contributed by atoms with E-state index in [0.29, 0.717) is 6.04 Å². The van der Waals surface area contributed by atoms with Gasteiger partial charge >= 0.3 is 0 Å². The molecule has 0 aromatic rings. The zero-order valence-electron chi connectivity index (χ0n) is 6.45. The Bertz CT molecular complexity index is 146. The topological polar surface area (TPSA) is 18.8 Å². The SMILES string of the molecule is CC(C)N1N=CN(Cl)C1C. The largest absolute Gasteiger partial charge is 0.270 e. The molecule has 1 rings (SSSR count). The summed E-state index contributed by atoms with van der Waals surface area (Å²) in [4.78, 5) is 0. The molecule has 0 N–H and O–H groups in total. The minimum absolute atomic E-state index is 0.182. The van der Waals surface area contributed by atoms with E-state index >= 15 is 0 Å². The van der Waals surface area contributed by atoms with Gasteiger partial charge in [-0.3, -0.25) is 5.01 Å². The lowest BCUT2D eigenvalue weighted by Gasteiger charge is -2.25. The van der Waals surface area contributed by atoms with E-state index in [2.05, 4.69) is 18.9 Å². The second-order valence-electron chi connectivity index (χ2n) is 2.68. The lowest BCUT2D eigenvalue weighted by Crippen LogP contribution is -2.36. The van der Waals surface area contributed by atoms with Gasteiger partial charge in [0.2, 0.25) is 0 Å². The third-order valence-electron chi connectivity index (χ3n) is 1.56. The quantitative estimate of drug-likeness (QED) is 0.543. The van der Waals surface area contributed by atoms with Crippen molar-refractivity contribution in [2.75, 3.05) is 0 Å². The summed E-state index contributed by atoms with van der Waals surface area (Å²) in [5.41, 5.74) is 0. The van der Waals surface area contributed by atoms with Gasteiger partial charge in [0, 0.05) is 17.8 Å². The van der Waals surface area contributed by atoms with Gasteiger partial charge in [-0.15, -0.1) is 0 Å². The van der Waals surface area contributed by atoms with Gasteiger partial charge in [-0.2, -0.15) is 5.10 Å². The van der Waals surface area contributed by atoms with Gasteiger partial charge in [0.05, 0.1) is 0 Å². The van der Waals surface area contributed by atoms with Crippen molar-refractivity contribution < 1.29 is 0 Å². The summed E-state index contributed by atoms with van der Waals surface area (Å²) in [6.45, 7) is 6.19. The standard InChI is InChI=1S/C6H12ClN3/c1-5(2)10-6(3)9(7)4-8-10/h4-6H,1-3H3. The number of hydrogen-bond acceptors (Lipinski definition) is 3. The first-order chi connectivity index (χ1) is 4.63. The maximum absolute atomic E-state index is 5.74. The van der Waals surface area contributed by atoms with Crippen LogP contribution in [0, 0.1) is 0 Å². The molecule has 0 aliphatic carbocycles. The molecule has 1 aliphatic rings. The van der Waals surface area contributed by atoms with Crippen molar-refractivity contribution in [1.29, 1.82) is 0 Å². The molecule has 10 heavy (non-hydrogen) atoms. The first-order valence-electron chi connectivity index (χ1n) is 3.39. The summed E-state index contributed by atoms with van der Waals surface area (Å²) in [7, 11) is 0. The highest BCUT2D eigenvalue weighted by atomic mass is 35.5. The van der Waals surface area contributed by atoms with Gasteiger partial charge in [-0.1, -0.05) is 0 Å². The van der Waals surface area contributed by atoms with Crippen LogP contribution in [0.25, 0.3) is 0 Å². The highest BCUT2D eigenvalue weighted by molar-refractivity contribution is 6.19. The Morgan fingerprint density at radius 3 is 2.40 bits per heavy atom. The lowest BCUT2D eigenvalue weighted by atomic mass is 10.3. The van der Waals surface area contributed by atoms with Gasteiger partial charge in [0.15, 0.2) is 0 Å². The molecule has 0 bridgehead atoms. The molecule has 0 amide bonds. The average Bonchev–Trinajstić information content (AvgIpc) is 2.14. The molecule has 1 aliphatic heterocycles. The lowest BCUT2D eigenvalue weighted by molar-refractivity contribution is 0.151. The molecule has 58 valence electrons. The van der Waals surface area contributed by atoms with Gasteiger partial charge in [-0.25, -0.2) is 4.42 Å². The summed E-state index contributed by atoms with van der Waals surface area (Å²) in [6.07, 6.45) is 1.81. The molecule has 0 spiro atoms. The van der Waals surface area contributed by atoms with Crippen LogP contribution >= 0.6 is 11.8 Å². The summed E-state index contributed by atoms with van der Waals surface area (Å²) in [5, 5.41) is 6.05. The zero-order valence-corrected chi connectivity index (χ0v) is 7.21. The van der Waals surface area contributed by atoms with E-state index in [0.717, 1.165) is 0 Å². The van der Waals surface area contributed by atoms with E-state index in [1.165, 1.54) is 0 Å². The first kappa shape index (κ1) is 7.66. The van der Waals surface area contributed by atoms with E-state index in [1.807, 2.05) is 11.9 Å². The Hall–Kier alpha value is -0.440. The third-order valence-corrected chi connectivity index (χ3v) is 1.93. The Labute approximate surface area is 66.4 Å². The normalized spacial score (nSPS) is 25.1. The number of hydrazone groups is 1. The van der Waals surface area contributed by atoms with E-state index in [1.54, 1.807) is 10.8 Å². The third kappa shape index (κ3) is 1.19. The van der Waals surface area contributed by atoms with Crippen LogP contribution in [0.5, 0.6) is 0 Å². The molecule has 0 fully saturated rings. The van der Waals surface area contributed by atoms with E-state index in [9.17, 15) is 0 Å². The molecule has 0 saturated heterocycles. The van der Waals surface area contributed by atoms with E-state index in [-0.39, 0.29) is 6.17 Å². The molecule has 1 unspecified atom stereocenters. The van der Waals surface area contributed by atoms with Crippen LogP contribution in [-0.4, -0.2) is 28.0 Å². The first-order valence-corrected chi connectivity index (χ1v) is 3.73. The number of nitrogens with zero attached hydrogens (tertiary/aromatic N) is 3. The highest BCUT2D eigenvalue weighted by Gasteiger charge is 2.23. The molecule has 0 saturated carbocycles. The van der Waals surface area contributed by atoms with Crippen molar-refractivity contribution in [1.82, 2.24) is 9.43 Å². The maximum Gasteiger partial charge on any atom is 0.132 e. The molecule has 0 aromatic carbocycles.